The molecule has 1 unspecified atom stereocenters. The highest BCUT2D eigenvalue weighted by atomic mass is 35.5. The Kier molecular flexibility index (Phi) is 3.83. The molecule has 1 N–H and O–H groups in total. The summed E-state index contributed by atoms with van der Waals surface area (Å²) in [6.07, 6.45) is 3.07. The Morgan fingerprint density at radius 1 is 1.47 bits per heavy atom. The van der Waals surface area contributed by atoms with Gasteiger partial charge >= 0.3 is 0 Å². The third-order valence-corrected chi connectivity index (χ3v) is 2.82. The average molecular weight is 275 g/mol. The fraction of sp³-hybridized carbons (Fsp3) is 0.154. The molecule has 0 spiro atoms. The van der Waals surface area contributed by atoms with Crippen molar-refractivity contribution in [3.8, 4) is 6.07 Å². The number of nitrogens with one attached hydrogen (secondary N) is 1. The van der Waals surface area contributed by atoms with Gasteiger partial charge in [0.2, 0.25) is 5.91 Å². The van der Waals surface area contributed by atoms with Crippen molar-refractivity contribution >= 4 is 23.2 Å². The molecule has 1 aromatic heterocycles. The van der Waals surface area contributed by atoms with Crippen LogP contribution in [0.2, 0.25) is 5.02 Å². The Morgan fingerprint density at radius 2 is 2.16 bits per heavy atom. The molecule has 96 valence electrons. The summed E-state index contributed by atoms with van der Waals surface area (Å²) < 4.78 is 1.49. The number of hydrogen-bond acceptors (Lipinski definition) is 3. The molecule has 0 aliphatic heterocycles. The molecule has 2 rings (SSSR count). The molecule has 6 heteroatoms. The van der Waals surface area contributed by atoms with E-state index in [-0.39, 0.29) is 5.91 Å². The van der Waals surface area contributed by atoms with Gasteiger partial charge in [-0.25, -0.2) is 0 Å². The van der Waals surface area contributed by atoms with Crippen molar-refractivity contribution in [3.05, 3.63) is 47.2 Å². The summed E-state index contributed by atoms with van der Waals surface area (Å²) in [6.45, 7) is 1.72. The first-order valence-electron chi connectivity index (χ1n) is 5.61. The van der Waals surface area contributed by atoms with Gasteiger partial charge < -0.3 is 5.32 Å². The van der Waals surface area contributed by atoms with Crippen molar-refractivity contribution in [1.29, 1.82) is 5.26 Å². The van der Waals surface area contributed by atoms with E-state index in [1.807, 2.05) is 6.07 Å². The van der Waals surface area contributed by atoms with Crippen LogP contribution >= 0.6 is 11.6 Å². The molecule has 0 aliphatic carbocycles. The summed E-state index contributed by atoms with van der Waals surface area (Å²) in [5.41, 5.74) is 1.18. The van der Waals surface area contributed by atoms with Crippen molar-refractivity contribution in [3.63, 3.8) is 0 Å². The van der Waals surface area contributed by atoms with Gasteiger partial charge in [0.05, 0.1) is 22.9 Å². The van der Waals surface area contributed by atoms with Gasteiger partial charge in [-0.1, -0.05) is 11.6 Å². The van der Waals surface area contributed by atoms with E-state index >= 15 is 0 Å². The number of halogens is 1. The van der Waals surface area contributed by atoms with Gasteiger partial charge in [-0.15, -0.1) is 0 Å². The molecule has 0 saturated carbocycles. The molecule has 1 heterocycles. The van der Waals surface area contributed by atoms with Crippen LogP contribution in [0.3, 0.4) is 0 Å². The van der Waals surface area contributed by atoms with Crippen molar-refractivity contribution < 1.29 is 4.79 Å². The first kappa shape index (κ1) is 13.1. The number of benzene rings is 1. The summed E-state index contributed by atoms with van der Waals surface area (Å²) in [5.74, 6) is -0.204. The fourth-order valence-corrected chi connectivity index (χ4v) is 1.67. The summed E-state index contributed by atoms with van der Waals surface area (Å²) in [5, 5.41) is 15.9. The van der Waals surface area contributed by atoms with Crippen LogP contribution in [0.15, 0.2) is 36.7 Å². The Morgan fingerprint density at radius 3 is 2.68 bits per heavy atom. The summed E-state index contributed by atoms with van der Waals surface area (Å²) in [4.78, 5) is 12.0. The Bertz CT molecular complexity index is 627. The lowest BCUT2D eigenvalue weighted by atomic mass is 10.2. The zero-order valence-corrected chi connectivity index (χ0v) is 10.9. The van der Waals surface area contributed by atoms with Crippen molar-refractivity contribution in [2.75, 3.05) is 5.32 Å². The Hall–Kier alpha value is -2.32. The van der Waals surface area contributed by atoms with Gasteiger partial charge in [0.25, 0.3) is 0 Å². The summed E-state index contributed by atoms with van der Waals surface area (Å²) in [7, 11) is 0. The minimum absolute atomic E-state index is 0.204. The summed E-state index contributed by atoms with van der Waals surface area (Å²) >= 11 is 5.76. The SMILES string of the molecule is CC(C(=O)Nc1ccc(C#N)cc1)n1cc(Cl)cn1. The molecule has 1 aromatic carbocycles. The third kappa shape index (κ3) is 3.12. The van der Waals surface area contributed by atoms with Crippen LogP contribution in [-0.4, -0.2) is 15.7 Å². The average Bonchev–Trinajstić information content (AvgIpc) is 2.85. The second-order valence-electron chi connectivity index (χ2n) is 3.99. The first-order valence-corrected chi connectivity index (χ1v) is 5.98. The number of anilines is 1. The predicted molar refractivity (Wildman–Crippen MR) is 71.7 cm³/mol. The van der Waals surface area contributed by atoms with Gasteiger partial charge in [0.1, 0.15) is 6.04 Å². The van der Waals surface area contributed by atoms with Crippen LogP contribution in [0.4, 0.5) is 5.69 Å². The number of hydrogen-bond donors (Lipinski definition) is 1. The standard InChI is InChI=1S/C13H11ClN4O/c1-9(18-8-11(14)7-16-18)13(19)17-12-4-2-10(6-15)3-5-12/h2-5,7-9H,1H3,(H,17,19). The van der Waals surface area contributed by atoms with Crippen molar-refractivity contribution in [1.82, 2.24) is 9.78 Å². The third-order valence-electron chi connectivity index (χ3n) is 2.63. The number of aromatic nitrogens is 2. The molecular weight excluding hydrogens is 264 g/mol. The van der Waals surface area contributed by atoms with Gasteiger partial charge in [-0.05, 0) is 31.2 Å². The van der Waals surface area contributed by atoms with E-state index in [1.54, 1.807) is 37.4 Å². The lowest BCUT2D eigenvalue weighted by molar-refractivity contribution is -0.119. The van der Waals surface area contributed by atoms with E-state index in [4.69, 9.17) is 16.9 Å². The predicted octanol–water partition coefficient (Wildman–Crippen LogP) is 2.61. The van der Waals surface area contributed by atoms with E-state index in [1.165, 1.54) is 10.9 Å². The normalized spacial score (nSPS) is 11.6. The lowest BCUT2D eigenvalue weighted by Crippen LogP contribution is -2.23. The van der Waals surface area contributed by atoms with Crippen LogP contribution in [0.25, 0.3) is 0 Å². The number of amides is 1. The molecule has 19 heavy (non-hydrogen) atoms. The molecule has 1 amide bonds. The topological polar surface area (TPSA) is 70.7 Å². The Balaban J connectivity index is 2.06. The summed E-state index contributed by atoms with van der Waals surface area (Å²) in [6, 6.07) is 8.20. The highest BCUT2D eigenvalue weighted by molar-refractivity contribution is 6.30. The maximum Gasteiger partial charge on any atom is 0.248 e. The van der Waals surface area contributed by atoms with Crippen molar-refractivity contribution in [2.45, 2.75) is 13.0 Å². The molecule has 2 aromatic rings. The first-order chi connectivity index (χ1) is 9.10. The zero-order valence-electron chi connectivity index (χ0n) is 10.2. The molecule has 0 radical (unpaired) electrons. The van der Waals surface area contributed by atoms with Gasteiger partial charge in [-0.2, -0.15) is 10.4 Å². The van der Waals surface area contributed by atoms with Gasteiger partial charge in [0.15, 0.2) is 0 Å². The van der Waals surface area contributed by atoms with Crippen LogP contribution in [-0.2, 0) is 4.79 Å². The number of carbonyl (C=O) groups excluding carboxylic acids is 1. The number of rotatable bonds is 3. The Labute approximate surface area is 115 Å². The minimum atomic E-state index is -0.469. The number of nitrogens with zero attached hydrogens (tertiary/aromatic N) is 3. The quantitative estimate of drug-likeness (QED) is 0.935. The largest absolute Gasteiger partial charge is 0.324 e. The second kappa shape index (κ2) is 5.55. The molecule has 1 atom stereocenters. The van der Waals surface area contributed by atoms with Gasteiger partial charge in [-0.3, -0.25) is 9.48 Å². The van der Waals surface area contributed by atoms with E-state index in [0.29, 0.717) is 16.3 Å². The fourth-order valence-electron chi connectivity index (χ4n) is 1.52. The zero-order chi connectivity index (χ0) is 13.8. The molecule has 0 bridgehead atoms. The minimum Gasteiger partial charge on any atom is -0.324 e. The smallest absolute Gasteiger partial charge is 0.248 e. The second-order valence-corrected chi connectivity index (χ2v) is 4.43. The molecular formula is C13H11ClN4O. The highest BCUT2D eigenvalue weighted by Crippen LogP contribution is 2.14. The van der Waals surface area contributed by atoms with E-state index in [2.05, 4.69) is 10.4 Å². The highest BCUT2D eigenvalue weighted by Gasteiger charge is 2.15. The maximum absolute atomic E-state index is 12.0. The molecule has 0 saturated heterocycles. The van der Waals surface area contributed by atoms with E-state index in [9.17, 15) is 4.79 Å². The van der Waals surface area contributed by atoms with E-state index < -0.39 is 6.04 Å². The van der Waals surface area contributed by atoms with Crippen molar-refractivity contribution in [2.24, 2.45) is 0 Å². The monoisotopic (exact) mass is 274 g/mol. The molecule has 5 nitrogen and oxygen atoms in total. The van der Waals surface area contributed by atoms with Crippen LogP contribution in [0, 0.1) is 11.3 Å². The van der Waals surface area contributed by atoms with Crippen LogP contribution < -0.4 is 5.32 Å². The molecule has 0 aliphatic rings. The van der Waals surface area contributed by atoms with E-state index in [0.717, 1.165) is 0 Å². The molecule has 0 fully saturated rings. The van der Waals surface area contributed by atoms with Gasteiger partial charge in [0, 0.05) is 11.9 Å². The van der Waals surface area contributed by atoms with Crippen LogP contribution in [0.5, 0.6) is 0 Å². The lowest BCUT2D eigenvalue weighted by Gasteiger charge is -2.12. The number of carbonyl (C=O) groups is 1. The number of nitriles is 1. The maximum atomic E-state index is 12.0. The van der Waals surface area contributed by atoms with Crippen LogP contribution in [0.1, 0.15) is 18.5 Å².